The van der Waals surface area contributed by atoms with Crippen molar-refractivity contribution in [3.63, 3.8) is 0 Å². The van der Waals surface area contributed by atoms with Crippen molar-refractivity contribution < 1.29 is 32.4 Å². The Kier molecular flexibility index (Phi) is 4.37. The summed E-state index contributed by atoms with van der Waals surface area (Å²) in [5.74, 6) is -3.29. The zero-order valence-corrected chi connectivity index (χ0v) is 12.7. The summed E-state index contributed by atoms with van der Waals surface area (Å²) >= 11 is 0. The SMILES string of the molecule is Cc1ccc(S(=O)(=O)Oc2ccc(C(=O)O)cc2C(=O)O)cc1. The van der Waals surface area contributed by atoms with Gasteiger partial charge in [-0.3, -0.25) is 0 Å². The van der Waals surface area contributed by atoms with E-state index in [2.05, 4.69) is 0 Å². The van der Waals surface area contributed by atoms with Crippen molar-refractivity contribution in [3.8, 4) is 5.75 Å². The largest absolute Gasteiger partial charge is 0.478 e. The zero-order chi connectivity index (χ0) is 17.2. The van der Waals surface area contributed by atoms with Gasteiger partial charge in [0.2, 0.25) is 0 Å². The zero-order valence-electron chi connectivity index (χ0n) is 11.9. The molecule has 2 N–H and O–H groups in total. The minimum Gasteiger partial charge on any atom is -0.478 e. The molecule has 0 saturated carbocycles. The maximum absolute atomic E-state index is 12.2. The van der Waals surface area contributed by atoms with Crippen molar-refractivity contribution in [2.45, 2.75) is 11.8 Å². The van der Waals surface area contributed by atoms with Crippen LogP contribution in [-0.2, 0) is 10.1 Å². The molecule has 0 radical (unpaired) electrons. The first-order valence-corrected chi connectivity index (χ1v) is 7.73. The molecule has 0 aliphatic carbocycles. The molecule has 120 valence electrons. The minimum atomic E-state index is -4.23. The van der Waals surface area contributed by atoms with Crippen LogP contribution < -0.4 is 4.18 Å². The molecule has 2 rings (SSSR count). The highest BCUT2D eigenvalue weighted by Crippen LogP contribution is 2.25. The van der Waals surface area contributed by atoms with Gasteiger partial charge >= 0.3 is 22.1 Å². The molecule has 0 atom stereocenters. The van der Waals surface area contributed by atoms with Crippen LogP contribution in [0.1, 0.15) is 26.3 Å². The van der Waals surface area contributed by atoms with E-state index in [9.17, 15) is 18.0 Å². The first-order valence-electron chi connectivity index (χ1n) is 6.32. The molecule has 0 amide bonds. The van der Waals surface area contributed by atoms with Gasteiger partial charge in [-0.15, -0.1) is 0 Å². The highest BCUT2D eigenvalue weighted by molar-refractivity contribution is 7.87. The average molecular weight is 336 g/mol. The van der Waals surface area contributed by atoms with Crippen LogP contribution in [0.2, 0.25) is 0 Å². The molecule has 0 aromatic heterocycles. The second-order valence-corrected chi connectivity index (χ2v) is 6.22. The van der Waals surface area contributed by atoms with Gasteiger partial charge in [0.15, 0.2) is 5.75 Å². The Morgan fingerprint density at radius 2 is 1.57 bits per heavy atom. The molecule has 7 nitrogen and oxygen atoms in total. The Bertz CT molecular complexity index is 867. The van der Waals surface area contributed by atoms with Crippen LogP contribution in [-0.4, -0.2) is 30.6 Å². The fraction of sp³-hybridized carbons (Fsp3) is 0.0667. The Balaban J connectivity index is 2.44. The van der Waals surface area contributed by atoms with Gasteiger partial charge in [0.25, 0.3) is 0 Å². The maximum atomic E-state index is 12.2. The quantitative estimate of drug-likeness (QED) is 0.803. The topological polar surface area (TPSA) is 118 Å². The van der Waals surface area contributed by atoms with E-state index in [4.69, 9.17) is 14.4 Å². The molecule has 0 aliphatic heterocycles. The molecule has 2 aromatic carbocycles. The maximum Gasteiger partial charge on any atom is 0.339 e. The van der Waals surface area contributed by atoms with E-state index in [1.807, 2.05) is 0 Å². The summed E-state index contributed by atoms with van der Waals surface area (Å²) in [5.41, 5.74) is 0.00376. The van der Waals surface area contributed by atoms with Crippen LogP contribution >= 0.6 is 0 Å². The van der Waals surface area contributed by atoms with Crippen molar-refractivity contribution in [2.75, 3.05) is 0 Å². The van der Waals surface area contributed by atoms with Gasteiger partial charge in [0.1, 0.15) is 10.5 Å². The summed E-state index contributed by atoms with van der Waals surface area (Å²) in [4.78, 5) is 21.9. The number of benzene rings is 2. The summed E-state index contributed by atoms with van der Waals surface area (Å²) in [5, 5.41) is 18.0. The lowest BCUT2D eigenvalue weighted by molar-refractivity contribution is 0.0694. The smallest absolute Gasteiger partial charge is 0.339 e. The fourth-order valence-electron chi connectivity index (χ4n) is 1.77. The molecule has 0 aliphatic rings. The molecule has 0 fully saturated rings. The third-order valence-electron chi connectivity index (χ3n) is 2.97. The van der Waals surface area contributed by atoms with E-state index in [0.717, 1.165) is 23.8 Å². The third-order valence-corrected chi connectivity index (χ3v) is 4.21. The van der Waals surface area contributed by atoms with E-state index >= 15 is 0 Å². The summed E-state index contributed by atoms with van der Waals surface area (Å²) in [7, 11) is -4.23. The molecule has 23 heavy (non-hydrogen) atoms. The molecular weight excluding hydrogens is 324 g/mol. The number of carboxylic acid groups (broad SMARTS) is 2. The lowest BCUT2D eigenvalue weighted by Gasteiger charge is -2.10. The standard InChI is InChI=1S/C15H12O7S/c1-9-2-5-11(6-3-9)23(20,21)22-13-7-4-10(14(16)17)8-12(13)15(18)19/h2-8H,1H3,(H,16,17)(H,18,19). The second kappa shape index (κ2) is 6.09. The Morgan fingerprint density at radius 1 is 0.957 bits per heavy atom. The second-order valence-electron chi connectivity index (χ2n) is 4.67. The third kappa shape index (κ3) is 3.67. The molecule has 0 heterocycles. The summed E-state index contributed by atoms with van der Waals surface area (Å²) < 4.78 is 29.2. The van der Waals surface area contributed by atoms with Crippen LogP contribution in [0.4, 0.5) is 0 Å². The van der Waals surface area contributed by atoms with Crippen LogP contribution in [0, 0.1) is 6.92 Å². The number of hydrogen-bond acceptors (Lipinski definition) is 5. The van der Waals surface area contributed by atoms with Crippen molar-refractivity contribution >= 4 is 22.1 Å². The Labute approximate surface area is 131 Å². The van der Waals surface area contributed by atoms with Crippen molar-refractivity contribution in [3.05, 3.63) is 59.2 Å². The summed E-state index contributed by atoms with van der Waals surface area (Å²) in [6, 6.07) is 8.70. The predicted molar refractivity (Wildman–Crippen MR) is 79.4 cm³/mol. The Hall–Kier alpha value is -2.87. The highest BCUT2D eigenvalue weighted by atomic mass is 32.2. The van der Waals surface area contributed by atoms with Gasteiger partial charge in [0.05, 0.1) is 5.56 Å². The molecule has 0 bridgehead atoms. The molecule has 0 saturated heterocycles. The number of aryl methyl sites for hydroxylation is 1. The normalized spacial score (nSPS) is 11.0. The molecule has 8 heteroatoms. The van der Waals surface area contributed by atoms with Crippen LogP contribution in [0.25, 0.3) is 0 Å². The number of carboxylic acids is 2. The number of aromatic carboxylic acids is 2. The van der Waals surface area contributed by atoms with Crippen molar-refractivity contribution in [1.82, 2.24) is 0 Å². The highest BCUT2D eigenvalue weighted by Gasteiger charge is 2.22. The number of carbonyl (C=O) groups is 2. The van der Waals surface area contributed by atoms with E-state index in [0.29, 0.717) is 0 Å². The average Bonchev–Trinajstić information content (AvgIpc) is 2.47. The minimum absolute atomic E-state index is 0.137. The Morgan fingerprint density at radius 3 is 2.09 bits per heavy atom. The van der Waals surface area contributed by atoms with Gasteiger partial charge in [0, 0.05) is 0 Å². The predicted octanol–water partition coefficient (Wildman–Crippen LogP) is 2.16. The molecule has 2 aromatic rings. The number of rotatable bonds is 5. The monoisotopic (exact) mass is 336 g/mol. The van der Waals surface area contributed by atoms with Gasteiger partial charge < -0.3 is 14.4 Å². The van der Waals surface area contributed by atoms with E-state index < -0.39 is 33.4 Å². The van der Waals surface area contributed by atoms with Crippen LogP contribution in [0.15, 0.2) is 47.4 Å². The van der Waals surface area contributed by atoms with Gasteiger partial charge in [-0.25, -0.2) is 9.59 Å². The van der Waals surface area contributed by atoms with E-state index in [-0.39, 0.29) is 10.5 Å². The fourth-order valence-corrected chi connectivity index (χ4v) is 2.72. The van der Waals surface area contributed by atoms with Crippen LogP contribution in [0.3, 0.4) is 0 Å². The summed E-state index contributed by atoms with van der Waals surface area (Å²) in [6.45, 7) is 1.78. The summed E-state index contributed by atoms with van der Waals surface area (Å²) in [6.07, 6.45) is 0. The van der Waals surface area contributed by atoms with Gasteiger partial charge in [-0.05, 0) is 37.3 Å². The van der Waals surface area contributed by atoms with Crippen molar-refractivity contribution in [2.24, 2.45) is 0 Å². The first-order chi connectivity index (χ1) is 10.7. The lowest BCUT2D eigenvalue weighted by atomic mass is 10.1. The molecule has 0 spiro atoms. The van der Waals surface area contributed by atoms with Gasteiger partial charge in [-0.1, -0.05) is 17.7 Å². The van der Waals surface area contributed by atoms with E-state index in [1.165, 1.54) is 12.1 Å². The number of hydrogen-bond donors (Lipinski definition) is 2. The molecular formula is C15H12O7S. The lowest BCUT2D eigenvalue weighted by Crippen LogP contribution is -2.13. The first kappa shape index (κ1) is 16.5. The van der Waals surface area contributed by atoms with E-state index in [1.54, 1.807) is 19.1 Å². The molecule has 0 unspecified atom stereocenters. The van der Waals surface area contributed by atoms with Gasteiger partial charge in [-0.2, -0.15) is 8.42 Å². The van der Waals surface area contributed by atoms with Crippen LogP contribution in [0.5, 0.6) is 5.75 Å². The van der Waals surface area contributed by atoms with Crippen molar-refractivity contribution in [1.29, 1.82) is 0 Å².